The molecule has 2 aromatic carbocycles. The Bertz CT molecular complexity index is 591. The Labute approximate surface area is 110 Å². The summed E-state index contributed by atoms with van der Waals surface area (Å²) in [6.07, 6.45) is 0. The number of rotatable bonds is 2. The molecule has 4 nitrogen and oxygen atoms in total. The fourth-order valence-electron chi connectivity index (χ4n) is 1.44. The minimum Gasteiger partial charge on any atom is -0.398 e. The van der Waals surface area contributed by atoms with Crippen LogP contribution in [0.5, 0.6) is 0 Å². The lowest BCUT2D eigenvalue weighted by molar-refractivity contribution is 1.23. The summed E-state index contributed by atoms with van der Waals surface area (Å²) >= 11 is 5.79. The summed E-state index contributed by atoms with van der Waals surface area (Å²) in [5, 5.41) is 8.87. The lowest BCUT2D eigenvalue weighted by atomic mass is 10.1. The van der Waals surface area contributed by atoms with Gasteiger partial charge >= 0.3 is 0 Å². The van der Waals surface area contributed by atoms with E-state index in [0.717, 1.165) is 5.56 Å². The van der Waals surface area contributed by atoms with E-state index in [1.165, 1.54) is 0 Å². The van der Waals surface area contributed by atoms with Crippen LogP contribution in [0.3, 0.4) is 0 Å². The Morgan fingerprint density at radius 2 is 1.61 bits per heavy atom. The first-order chi connectivity index (χ1) is 8.58. The maximum atomic E-state index is 5.92. The molecule has 0 fully saturated rings. The second-order valence-corrected chi connectivity index (χ2v) is 4.33. The van der Waals surface area contributed by atoms with E-state index in [1.807, 2.05) is 6.92 Å². The quantitative estimate of drug-likeness (QED) is 0.626. The number of benzene rings is 2. The first-order valence-electron chi connectivity index (χ1n) is 5.40. The second-order valence-electron chi connectivity index (χ2n) is 3.89. The number of hydrogen-bond acceptors (Lipinski definition) is 4. The number of anilines is 2. The highest BCUT2D eigenvalue weighted by Gasteiger charge is 2.03. The van der Waals surface area contributed by atoms with Crippen molar-refractivity contribution in [2.45, 2.75) is 6.92 Å². The summed E-state index contributed by atoms with van der Waals surface area (Å²) in [6.45, 7) is 1.85. The van der Waals surface area contributed by atoms with Crippen molar-refractivity contribution in [3.8, 4) is 0 Å². The number of nitrogen functional groups attached to an aromatic ring is 2. The monoisotopic (exact) mass is 260 g/mol. The minimum atomic E-state index is 0.549. The molecule has 0 aliphatic heterocycles. The molecule has 0 saturated heterocycles. The van der Waals surface area contributed by atoms with Crippen LogP contribution in [0, 0.1) is 6.92 Å². The Morgan fingerprint density at radius 3 is 2.28 bits per heavy atom. The third-order valence-corrected chi connectivity index (χ3v) is 2.89. The molecular weight excluding hydrogens is 248 g/mol. The molecule has 0 atom stereocenters. The SMILES string of the molecule is Cc1c(N)ccc(N=Nc2ccc(Cl)cc2)c1N. The first kappa shape index (κ1) is 12.4. The van der Waals surface area contributed by atoms with Crippen LogP contribution in [0.15, 0.2) is 46.6 Å². The van der Waals surface area contributed by atoms with Crippen molar-refractivity contribution in [2.24, 2.45) is 10.2 Å². The van der Waals surface area contributed by atoms with Crippen LogP contribution in [0.2, 0.25) is 5.02 Å². The van der Waals surface area contributed by atoms with Gasteiger partial charge in [-0.3, -0.25) is 0 Å². The van der Waals surface area contributed by atoms with Gasteiger partial charge in [0.2, 0.25) is 0 Å². The van der Waals surface area contributed by atoms with Crippen LogP contribution in [0.4, 0.5) is 22.7 Å². The predicted molar refractivity (Wildman–Crippen MR) is 75.6 cm³/mol. The van der Waals surface area contributed by atoms with Crippen LogP contribution in [-0.2, 0) is 0 Å². The van der Waals surface area contributed by atoms with Gasteiger partial charge in [0.05, 0.1) is 11.4 Å². The standard InChI is InChI=1S/C13H13ClN4/c1-8-11(15)6-7-12(13(8)16)18-17-10-4-2-9(14)3-5-10/h2-7H,15-16H2,1H3. The summed E-state index contributed by atoms with van der Waals surface area (Å²) < 4.78 is 0. The first-order valence-corrected chi connectivity index (χ1v) is 5.77. The third kappa shape index (κ3) is 2.60. The highest BCUT2D eigenvalue weighted by Crippen LogP contribution is 2.30. The summed E-state index contributed by atoms with van der Waals surface area (Å²) in [4.78, 5) is 0. The van der Waals surface area contributed by atoms with E-state index in [4.69, 9.17) is 23.1 Å². The lowest BCUT2D eigenvalue weighted by Gasteiger charge is -2.05. The molecule has 0 bridgehead atoms. The van der Waals surface area contributed by atoms with Crippen LogP contribution < -0.4 is 11.5 Å². The van der Waals surface area contributed by atoms with Crippen molar-refractivity contribution in [3.05, 3.63) is 47.0 Å². The summed E-state index contributed by atoms with van der Waals surface area (Å²) in [6, 6.07) is 10.6. The van der Waals surface area contributed by atoms with Crippen molar-refractivity contribution >= 4 is 34.4 Å². The topological polar surface area (TPSA) is 76.8 Å². The van der Waals surface area contributed by atoms with Crippen LogP contribution in [-0.4, -0.2) is 0 Å². The van der Waals surface area contributed by atoms with Crippen LogP contribution in [0.25, 0.3) is 0 Å². The largest absolute Gasteiger partial charge is 0.398 e. The van der Waals surface area contributed by atoms with Gasteiger partial charge < -0.3 is 11.5 Å². The van der Waals surface area contributed by atoms with Gasteiger partial charge in [0.25, 0.3) is 0 Å². The molecule has 2 rings (SSSR count). The zero-order chi connectivity index (χ0) is 13.1. The molecule has 18 heavy (non-hydrogen) atoms. The van der Waals surface area contributed by atoms with Crippen molar-refractivity contribution in [3.63, 3.8) is 0 Å². The highest BCUT2D eigenvalue weighted by molar-refractivity contribution is 6.30. The number of halogens is 1. The summed E-state index contributed by atoms with van der Waals surface area (Å²) in [7, 11) is 0. The van der Waals surface area contributed by atoms with Gasteiger partial charge in [0.15, 0.2) is 0 Å². The maximum absolute atomic E-state index is 5.92. The van der Waals surface area contributed by atoms with Gasteiger partial charge in [-0.05, 0) is 48.9 Å². The fourth-order valence-corrected chi connectivity index (χ4v) is 1.56. The Hall–Kier alpha value is -2.07. The van der Waals surface area contributed by atoms with Crippen LogP contribution in [0.1, 0.15) is 5.56 Å². The van der Waals surface area contributed by atoms with Crippen molar-refractivity contribution in [2.75, 3.05) is 11.5 Å². The number of azo groups is 1. The van der Waals surface area contributed by atoms with E-state index in [0.29, 0.717) is 27.8 Å². The predicted octanol–water partition coefficient (Wildman–Crippen LogP) is 4.23. The molecule has 0 aromatic heterocycles. The Morgan fingerprint density at radius 1 is 0.944 bits per heavy atom. The number of hydrogen-bond donors (Lipinski definition) is 2. The van der Waals surface area contributed by atoms with Crippen molar-refractivity contribution in [1.29, 1.82) is 0 Å². The van der Waals surface area contributed by atoms with Gasteiger partial charge in [-0.25, -0.2) is 0 Å². The molecule has 0 aliphatic rings. The molecule has 0 saturated carbocycles. The van der Waals surface area contributed by atoms with Crippen molar-refractivity contribution < 1.29 is 0 Å². The molecule has 2 aromatic rings. The molecule has 0 heterocycles. The molecular formula is C13H13ClN4. The molecule has 92 valence electrons. The van der Waals surface area contributed by atoms with E-state index in [1.54, 1.807) is 36.4 Å². The second kappa shape index (κ2) is 5.06. The van der Waals surface area contributed by atoms with Crippen LogP contribution >= 0.6 is 11.6 Å². The van der Waals surface area contributed by atoms with Gasteiger partial charge in [-0.2, -0.15) is 5.11 Å². The molecule has 0 amide bonds. The summed E-state index contributed by atoms with van der Waals surface area (Å²) in [5.41, 5.74) is 15.0. The zero-order valence-corrected chi connectivity index (χ0v) is 10.6. The van der Waals surface area contributed by atoms with Gasteiger partial charge in [0, 0.05) is 10.7 Å². The molecule has 4 N–H and O–H groups in total. The molecule has 5 heteroatoms. The van der Waals surface area contributed by atoms with E-state index in [2.05, 4.69) is 10.2 Å². The fraction of sp³-hybridized carbons (Fsp3) is 0.0769. The molecule has 0 unspecified atom stereocenters. The highest BCUT2D eigenvalue weighted by atomic mass is 35.5. The van der Waals surface area contributed by atoms with Gasteiger partial charge in [0.1, 0.15) is 5.69 Å². The molecule has 0 aliphatic carbocycles. The average molecular weight is 261 g/mol. The average Bonchev–Trinajstić information content (AvgIpc) is 2.37. The van der Waals surface area contributed by atoms with Crippen molar-refractivity contribution in [1.82, 2.24) is 0 Å². The number of nitrogens with zero attached hydrogens (tertiary/aromatic N) is 2. The van der Waals surface area contributed by atoms with Gasteiger partial charge in [-0.1, -0.05) is 11.6 Å². The zero-order valence-electron chi connectivity index (χ0n) is 9.89. The number of nitrogens with two attached hydrogens (primary N) is 2. The van der Waals surface area contributed by atoms with E-state index >= 15 is 0 Å². The van der Waals surface area contributed by atoms with E-state index in [9.17, 15) is 0 Å². The van der Waals surface area contributed by atoms with E-state index < -0.39 is 0 Å². The summed E-state index contributed by atoms with van der Waals surface area (Å²) in [5.74, 6) is 0. The van der Waals surface area contributed by atoms with Gasteiger partial charge in [-0.15, -0.1) is 5.11 Å². The lowest BCUT2D eigenvalue weighted by Crippen LogP contribution is -1.95. The molecule has 0 radical (unpaired) electrons. The maximum Gasteiger partial charge on any atom is 0.109 e. The molecule has 0 spiro atoms. The Kier molecular flexibility index (Phi) is 3.48. The smallest absolute Gasteiger partial charge is 0.109 e. The minimum absolute atomic E-state index is 0.549. The Balaban J connectivity index is 2.29. The normalized spacial score (nSPS) is 11.0. The van der Waals surface area contributed by atoms with E-state index in [-0.39, 0.29) is 0 Å². The third-order valence-electron chi connectivity index (χ3n) is 2.63.